The third kappa shape index (κ3) is 6.46. The van der Waals surface area contributed by atoms with Gasteiger partial charge in [0.25, 0.3) is 11.8 Å². The summed E-state index contributed by atoms with van der Waals surface area (Å²) in [6, 6.07) is 6.22. The van der Waals surface area contributed by atoms with Gasteiger partial charge in [-0.05, 0) is 45.4 Å². The number of hydrogen-bond acceptors (Lipinski definition) is 12. The first-order valence-corrected chi connectivity index (χ1v) is 15.3. The molecule has 238 valence electrons. The number of hydrogen-bond donors (Lipinski definition) is 1. The predicted molar refractivity (Wildman–Crippen MR) is 164 cm³/mol. The maximum absolute atomic E-state index is 13.3. The van der Waals surface area contributed by atoms with Gasteiger partial charge in [-0.25, -0.2) is 9.97 Å². The van der Waals surface area contributed by atoms with Crippen molar-refractivity contribution in [2.75, 3.05) is 73.6 Å². The Morgan fingerprint density at radius 3 is 2.07 bits per heavy atom. The monoisotopic (exact) mass is 618 g/mol. The van der Waals surface area contributed by atoms with E-state index in [0.29, 0.717) is 26.2 Å². The summed E-state index contributed by atoms with van der Waals surface area (Å²) in [5.41, 5.74) is 0.874. The number of fused-ring (bicyclic) bond motifs is 1. The van der Waals surface area contributed by atoms with Crippen LogP contribution in [0.4, 0.5) is 17.3 Å². The van der Waals surface area contributed by atoms with Crippen LogP contribution in [0.2, 0.25) is 0 Å². The molecular weight excluding hydrogens is 580 g/mol. The summed E-state index contributed by atoms with van der Waals surface area (Å²) < 4.78 is 5.46. The molecule has 4 aliphatic rings. The molecule has 0 aliphatic carbocycles. The van der Waals surface area contributed by atoms with Gasteiger partial charge in [-0.3, -0.25) is 39.1 Å². The molecule has 1 unspecified atom stereocenters. The Hall–Kier alpha value is -4.59. The maximum atomic E-state index is 13.3. The van der Waals surface area contributed by atoms with Gasteiger partial charge in [0.15, 0.2) is 0 Å². The number of benzene rings is 1. The molecule has 45 heavy (non-hydrogen) atoms. The van der Waals surface area contributed by atoms with E-state index in [1.165, 1.54) is 0 Å². The van der Waals surface area contributed by atoms with E-state index < -0.39 is 35.3 Å². The van der Waals surface area contributed by atoms with Gasteiger partial charge in [0, 0.05) is 70.5 Å². The summed E-state index contributed by atoms with van der Waals surface area (Å²) in [5, 5.41) is 2.22. The third-order valence-corrected chi connectivity index (χ3v) is 8.50. The predicted octanol–water partition coefficient (Wildman–Crippen LogP) is 0.668. The van der Waals surface area contributed by atoms with Crippen LogP contribution >= 0.6 is 0 Å². The molecule has 2 aromatic rings. The number of nitrogens with zero attached hydrogens (tertiary/aromatic N) is 7. The van der Waals surface area contributed by atoms with E-state index in [-0.39, 0.29) is 36.5 Å². The summed E-state index contributed by atoms with van der Waals surface area (Å²) in [6.07, 6.45) is 1.79. The number of piperidine rings is 1. The maximum Gasteiger partial charge on any atom is 0.320 e. The highest BCUT2D eigenvalue weighted by Gasteiger charge is 2.44. The summed E-state index contributed by atoms with van der Waals surface area (Å²) in [7, 11) is 0. The Labute approximate surface area is 261 Å². The molecule has 3 saturated heterocycles. The van der Waals surface area contributed by atoms with Gasteiger partial charge in [-0.2, -0.15) is 0 Å². The van der Waals surface area contributed by atoms with Crippen molar-refractivity contribution in [3.63, 3.8) is 0 Å². The molecule has 4 amide bonds. The normalized spacial score (nSPS) is 21.3. The molecule has 0 radical (unpaired) electrons. The second-order valence-electron chi connectivity index (χ2n) is 12.7. The molecule has 1 aromatic heterocycles. The highest BCUT2D eigenvalue weighted by molar-refractivity contribution is 6.23. The van der Waals surface area contributed by atoms with Gasteiger partial charge in [0.2, 0.25) is 11.8 Å². The lowest BCUT2D eigenvalue weighted by atomic mass is 10.0. The fraction of sp³-hybridized carbons (Fsp3) is 0.516. The largest absolute Gasteiger partial charge is 0.459 e. The quantitative estimate of drug-likeness (QED) is 0.358. The molecule has 1 aromatic carbocycles. The summed E-state index contributed by atoms with van der Waals surface area (Å²) in [5.74, 6) is -0.567. The van der Waals surface area contributed by atoms with Crippen molar-refractivity contribution in [1.29, 1.82) is 0 Å². The number of amides is 4. The minimum Gasteiger partial charge on any atom is -0.459 e. The van der Waals surface area contributed by atoms with Crippen molar-refractivity contribution in [2.45, 2.75) is 45.3 Å². The zero-order chi connectivity index (χ0) is 31.9. The summed E-state index contributed by atoms with van der Waals surface area (Å²) in [6.45, 7) is 11.6. The Morgan fingerprint density at radius 2 is 1.44 bits per heavy atom. The van der Waals surface area contributed by atoms with Crippen LogP contribution in [-0.2, 0) is 19.1 Å². The summed E-state index contributed by atoms with van der Waals surface area (Å²) in [4.78, 5) is 81.1. The zero-order valence-electron chi connectivity index (χ0n) is 25.8. The second kappa shape index (κ2) is 12.1. The molecule has 0 bridgehead atoms. The highest BCUT2D eigenvalue weighted by atomic mass is 16.6. The molecule has 1 atom stereocenters. The van der Waals surface area contributed by atoms with Crippen LogP contribution in [0.25, 0.3) is 0 Å². The molecule has 4 aliphatic heterocycles. The molecule has 1 N–H and O–H groups in total. The van der Waals surface area contributed by atoms with E-state index in [0.717, 1.165) is 48.4 Å². The van der Waals surface area contributed by atoms with E-state index in [1.54, 1.807) is 18.5 Å². The summed E-state index contributed by atoms with van der Waals surface area (Å²) >= 11 is 0. The number of carbonyl (C=O) groups is 5. The van der Waals surface area contributed by atoms with Gasteiger partial charge >= 0.3 is 5.97 Å². The Kier molecular flexibility index (Phi) is 8.16. The fourth-order valence-corrected chi connectivity index (χ4v) is 6.22. The van der Waals surface area contributed by atoms with Crippen LogP contribution in [0.3, 0.4) is 0 Å². The topological polar surface area (TPSA) is 149 Å². The SMILES string of the molecule is CC(C)(C)OC(=O)CN1CCN(c2cc(N3CCN(c4ccc5c(c4)C(=O)N(C4CCC(=O)NC4=O)C5=O)CC3)ncn2)CC1. The van der Waals surface area contributed by atoms with E-state index in [9.17, 15) is 24.0 Å². The van der Waals surface area contributed by atoms with E-state index in [4.69, 9.17) is 4.74 Å². The Morgan fingerprint density at radius 1 is 0.844 bits per heavy atom. The first-order valence-electron chi connectivity index (χ1n) is 15.3. The van der Waals surface area contributed by atoms with Crippen LogP contribution in [0.15, 0.2) is 30.6 Å². The first kappa shape index (κ1) is 30.4. The number of ether oxygens (including phenoxy) is 1. The highest BCUT2D eigenvalue weighted by Crippen LogP contribution is 2.31. The number of nitrogens with one attached hydrogen (secondary N) is 1. The molecule has 0 saturated carbocycles. The van der Waals surface area contributed by atoms with Crippen LogP contribution < -0.4 is 20.0 Å². The number of rotatable bonds is 6. The molecule has 14 nitrogen and oxygen atoms in total. The van der Waals surface area contributed by atoms with Gasteiger partial charge < -0.3 is 19.4 Å². The van der Waals surface area contributed by atoms with Gasteiger partial charge in [-0.15, -0.1) is 0 Å². The van der Waals surface area contributed by atoms with Crippen molar-refractivity contribution in [1.82, 2.24) is 25.1 Å². The minimum absolute atomic E-state index is 0.0830. The third-order valence-electron chi connectivity index (χ3n) is 8.50. The minimum atomic E-state index is -0.985. The number of anilines is 3. The number of imide groups is 2. The molecule has 3 fully saturated rings. The van der Waals surface area contributed by atoms with E-state index in [1.807, 2.05) is 32.9 Å². The van der Waals surface area contributed by atoms with Crippen LogP contribution in [0.1, 0.15) is 54.3 Å². The lowest BCUT2D eigenvalue weighted by Gasteiger charge is -2.38. The number of piperazine rings is 2. The van der Waals surface area contributed by atoms with Gasteiger partial charge in [0.05, 0.1) is 17.7 Å². The second-order valence-corrected chi connectivity index (χ2v) is 12.7. The zero-order valence-corrected chi connectivity index (χ0v) is 25.8. The molecule has 6 rings (SSSR count). The number of carbonyl (C=O) groups excluding carboxylic acids is 5. The molecule has 14 heteroatoms. The smallest absolute Gasteiger partial charge is 0.320 e. The van der Waals surface area contributed by atoms with Crippen LogP contribution in [0, 0.1) is 0 Å². The molecule has 5 heterocycles. The molecule has 0 spiro atoms. The Balaban J connectivity index is 1.04. The van der Waals surface area contributed by atoms with E-state index >= 15 is 0 Å². The van der Waals surface area contributed by atoms with Gasteiger partial charge in [-0.1, -0.05) is 0 Å². The lowest BCUT2D eigenvalue weighted by molar-refractivity contribution is -0.156. The van der Waals surface area contributed by atoms with Crippen molar-refractivity contribution in [3.8, 4) is 0 Å². The fourth-order valence-electron chi connectivity index (χ4n) is 6.22. The lowest BCUT2D eigenvalue weighted by Crippen LogP contribution is -2.54. The average Bonchev–Trinajstić information content (AvgIpc) is 3.25. The van der Waals surface area contributed by atoms with Crippen molar-refractivity contribution >= 4 is 46.9 Å². The van der Waals surface area contributed by atoms with Crippen molar-refractivity contribution in [2.24, 2.45) is 0 Å². The Bertz CT molecular complexity index is 1520. The van der Waals surface area contributed by atoms with Gasteiger partial charge in [0.1, 0.15) is 29.6 Å². The van der Waals surface area contributed by atoms with Crippen molar-refractivity contribution in [3.05, 3.63) is 41.7 Å². The first-order chi connectivity index (χ1) is 21.5. The number of aromatic nitrogens is 2. The van der Waals surface area contributed by atoms with Crippen LogP contribution in [-0.4, -0.2) is 120 Å². The van der Waals surface area contributed by atoms with Crippen molar-refractivity contribution < 1.29 is 28.7 Å². The van der Waals surface area contributed by atoms with Crippen LogP contribution in [0.5, 0.6) is 0 Å². The standard InChI is InChI=1S/C31H38N8O6/c1-31(2,3)45-27(41)18-35-8-10-37(11-9-35)24-17-25(33-19-32-24)38-14-12-36(13-15-38)20-4-5-21-22(16-20)30(44)39(29(21)43)23-6-7-26(40)34-28(23)42/h4-5,16-17,19,23H,6-15,18H2,1-3H3,(H,34,40,42). The number of esters is 1. The average molecular weight is 619 g/mol. The molecular formula is C31H38N8O6. The van der Waals surface area contributed by atoms with E-state index in [2.05, 4.69) is 34.9 Å².